The van der Waals surface area contributed by atoms with Crippen LogP contribution in [0.5, 0.6) is 0 Å². The average Bonchev–Trinajstić information content (AvgIpc) is 3.17. The number of aromatic nitrogens is 6. The van der Waals surface area contributed by atoms with E-state index in [1.165, 1.54) is 11.9 Å². The molecule has 0 spiro atoms. The van der Waals surface area contributed by atoms with E-state index in [9.17, 15) is 19.5 Å². The van der Waals surface area contributed by atoms with Crippen molar-refractivity contribution in [2.45, 2.75) is 32.7 Å². The monoisotopic (exact) mass is 429 g/mol. The molecule has 0 unspecified atom stereocenters. The highest BCUT2D eigenvalue weighted by Gasteiger charge is 2.17. The third kappa shape index (κ3) is 5.10. The summed E-state index contributed by atoms with van der Waals surface area (Å²) in [5, 5.41) is 22.3. The summed E-state index contributed by atoms with van der Waals surface area (Å²) in [5.41, 5.74) is 5.27. The summed E-state index contributed by atoms with van der Waals surface area (Å²) in [5.74, 6) is -0.798. The van der Waals surface area contributed by atoms with Crippen LogP contribution in [-0.4, -0.2) is 54.1 Å². The predicted octanol–water partition coefficient (Wildman–Crippen LogP) is -1.17. The van der Waals surface area contributed by atoms with Gasteiger partial charge in [-0.05, 0) is 17.7 Å². The number of methoxy groups -OCH3 is 1. The quantitative estimate of drug-likeness (QED) is 0.430. The van der Waals surface area contributed by atoms with Gasteiger partial charge in [0.25, 0.3) is 11.5 Å². The lowest BCUT2D eigenvalue weighted by molar-refractivity contribution is 0.0996. The van der Waals surface area contributed by atoms with Crippen LogP contribution < -0.4 is 17.0 Å². The molecule has 3 aromatic rings. The maximum absolute atomic E-state index is 12.7. The molecule has 0 fully saturated rings. The fourth-order valence-corrected chi connectivity index (χ4v) is 2.93. The summed E-state index contributed by atoms with van der Waals surface area (Å²) < 4.78 is 6.89. The summed E-state index contributed by atoms with van der Waals surface area (Å²) in [6, 6.07) is 7.40. The number of aliphatic hydroxyl groups excluding tert-OH is 1. The molecular formula is C19H23N7O5. The summed E-state index contributed by atoms with van der Waals surface area (Å²) >= 11 is 0. The van der Waals surface area contributed by atoms with Gasteiger partial charge in [0.15, 0.2) is 5.82 Å². The number of rotatable bonds is 9. The Morgan fingerprint density at radius 1 is 1.26 bits per heavy atom. The van der Waals surface area contributed by atoms with Crippen LogP contribution in [0, 0.1) is 6.92 Å². The highest BCUT2D eigenvalue weighted by Crippen LogP contribution is 2.14. The van der Waals surface area contributed by atoms with E-state index in [-0.39, 0.29) is 37.6 Å². The zero-order chi connectivity index (χ0) is 22.5. The Kier molecular flexibility index (Phi) is 6.72. The number of benzene rings is 1. The van der Waals surface area contributed by atoms with Crippen LogP contribution in [-0.2, 0) is 24.4 Å². The lowest BCUT2D eigenvalue weighted by Gasteiger charge is -2.11. The second-order valence-corrected chi connectivity index (χ2v) is 6.95. The third-order valence-corrected chi connectivity index (χ3v) is 4.63. The van der Waals surface area contributed by atoms with Crippen molar-refractivity contribution < 1.29 is 14.6 Å². The first-order valence-corrected chi connectivity index (χ1v) is 9.44. The van der Waals surface area contributed by atoms with Crippen molar-refractivity contribution in [1.82, 2.24) is 29.3 Å². The van der Waals surface area contributed by atoms with Crippen molar-refractivity contribution in [3.05, 3.63) is 73.8 Å². The fourth-order valence-electron chi connectivity index (χ4n) is 2.93. The van der Waals surface area contributed by atoms with E-state index in [0.717, 1.165) is 20.9 Å². The molecule has 0 saturated carbocycles. The van der Waals surface area contributed by atoms with E-state index >= 15 is 0 Å². The van der Waals surface area contributed by atoms with E-state index in [2.05, 4.69) is 15.4 Å². The highest BCUT2D eigenvalue weighted by atomic mass is 16.5. The minimum Gasteiger partial charge on any atom is -0.386 e. The molecule has 0 bridgehead atoms. The minimum absolute atomic E-state index is 0.0435. The average molecular weight is 429 g/mol. The Labute approximate surface area is 176 Å². The van der Waals surface area contributed by atoms with Crippen LogP contribution in [0.1, 0.15) is 33.4 Å². The van der Waals surface area contributed by atoms with Gasteiger partial charge in [0.2, 0.25) is 0 Å². The van der Waals surface area contributed by atoms with Gasteiger partial charge in [0, 0.05) is 13.3 Å². The molecular weight excluding hydrogens is 406 g/mol. The molecule has 0 aliphatic rings. The number of hydrogen-bond donors (Lipinski definition) is 2. The van der Waals surface area contributed by atoms with Gasteiger partial charge in [0.05, 0.1) is 26.2 Å². The van der Waals surface area contributed by atoms with Crippen LogP contribution in [0.15, 0.2) is 40.1 Å². The summed E-state index contributed by atoms with van der Waals surface area (Å²) in [6.07, 6.45) is 0.237. The zero-order valence-corrected chi connectivity index (χ0v) is 17.1. The molecule has 12 nitrogen and oxygen atoms in total. The van der Waals surface area contributed by atoms with E-state index in [0.29, 0.717) is 5.56 Å². The van der Waals surface area contributed by atoms with Gasteiger partial charge in [-0.15, -0.1) is 10.2 Å². The third-order valence-electron chi connectivity index (χ3n) is 4.63. The summed E-state index contributed by atoms with van der Waals surface area (Å²) in [4.78, 5) is 37.8. The van der Waals surface area contributed by atoms with Gasteiger partial charge in [-0.25, -0.2) is 4.79 Å². The van der Waals surface area contributed by atoms with E-state index in [1.54, 1.807) is 0 Å². The van der Waals surface area contributed by atoms with Gasteiger partial charge in [-0.3, -0.25) is 18.7 Å². The number of amides is 1. The molecule has 2 aromatic heterocycles. The van der Waals surface area contributed by atoms with Gasteiger partial charge < -0.3 is 15.6 Å². The number of nitrogens with zero attached hydrogens (tertiary/aromatic N) is 6. The lowest BCUT2D eigenvalue weighted by atomic mass is 10.1. The molecule has 3 rings (SSSR count). The number of ether oxygens (including phenoxy) is 1. The number of aryl methyl sites for hydroxylation is 1. The molecule has 31 heavy (non-hydrogen) atoms. The normalized spacial score (nSPS) is 12.1. The fraction of sp³-hybridized carbons (Fsp3) is 0.368. The number of primary amides is 1. The molecule has 12 heteroatoms. The number of nitrogens with two attached hydrogens (primary N) is 1. The number of carbonyl (C=O) groups is 1. The second-order valence-electron chi connectivity index (χ2n) is 6.95. The highest BCUT2D eigenvalue weighted by molar-refractivity contribution is 5.92. The molecule has 164 valence electrons. The number of aliphatic hydroxyl groups is 1. The Morgan fingerprint density at radius 2 is 1.97 bits per heavy atom. The number of carbonyl (C=O) groups excluding carboxylic acids is 1. The van der Waals surface area contributed by atoms with Crippen LogP contribution in [0.3, 0.4) is 0 Å². The summed E-state index contributed by atoms with van der Waals surface area (Å²) in [6.45, 7) is 1.92. The van der Waals surface area contributed by atoms with Crippen LogP contribution in [0.2, 0.25) is 0 Å². The van der Waals surface area contributed by atoms with Crippen molar-refractivity contribution in [3.63, 3.8) is 0 Å². The van der Waals surface area contributed by atoms with Crippen molar-refractivity contribution >= 4 is 5.91 Å². The lowest BCUT2D eigenvalue weighted by Crippen LogP contribution is -2.44. The smallest absolute Gasteiger partial charge is 0.331 e. The van der Waals surface area contributed by atoms with Gasteiger partial charge >= 0.3 is 5.69 Å². The molecule has 3 N–H and O–H groups in total. The maximum atomic E-state index is 12.7. The van der Waals surface area contributed by atoms with Crippen molar-refractivity contribution in [1.29, 1.82) is 0 Å². The number of tetrazole rings is 1. The van der Waals surface area contributed by atoms with Crippen molar-refractivity contribution in [2.75, 3.05) is 13.7 Å². The Bertz CT molecular complexity index is 1180. The van der Waals surface area contributed by atoms with E-state index < -0.39 is 23.3 Å². The van der Waals surface area contributed by atoms with Crippen molar-refractivity contribution in [2.24, 2.45) is 5.73 Å². The molecule has 0 aliphatic carbocycles. The second kappa shape index (κ2) is 9.45. The van der Waals surface area contributed by atoms with Gasteiger partial charge in [-0.1, -0.05) is 29.8 Å². The molecule has 2 heterocycles. The zero-order valence-electron chi connectivity index (χ0n) is 17.1. The van der Waals surface area contributed by atoms with Gasteiger partial charge in [-0.2, -0.15) is 4.80 Å². The molecule has 0 radical (unpaired) electrons. The topological polar surface area (TPSA) is 160 Å². The molecule has 0 aliphatic heterocycles. The standard InChI is InChI=1S/C19H23N7O5/c1-12-3-5-13(6-4-12)15(27)10-26-22-16(21-23-26)11-24-9-14(17(20)28)18(29)25(19(24)30)7-8-31-2/h3-6,9,15,27H,7-8,10-11H2,1-2H3,(H2,20,28)/t15-/m0/s1. The summed E-state index contributed by atoms with van der Waals surface area (Å²) in [7, 11) is 1.43. The molecule has 1 aromatic carbocycles. The van der Waals surface area contributed by atoms with Crippen LogP contribution in [0.25, 0.3) is 0 Å². The Hall–Kier alpha value is -3.64. The predicted molar refractivity (Wildman–Crippen MR) is 108 cm³/mol. The van der Waals surface area contributed by atoms with Crippen LogP contribution >= 0.6 is 0 Å². The molecule has 0 saturated heterocycles. The first-order chi connectivity index (χ1) is 14.8. The van der Waals surface area contributed by atoms with Crippen molar-refractivity contribution in [3.8, 4) is 0 Å². The Morgan fingerprint density at radius 3 is 2.61 bits per heavy atom. The molecule has 1 amide bonds. The first-order valence-electron chi connectivity index (χ1n) is 9.44. The molecule has 1 atom stereocenters. The maximum Gasteiger partial charge on any atom is 0.331 e. The van der Waals surface area contributed by atoms with E-state index in [1.807, 2.05) is 31.2 Å². The SMILES string of the molecule is COCCn1c(=O)c(C(N)=O)cn(Cc2nnn(C[C@H](O)c3ccc(C)cc3)n2)c1=O. The van der Waals surface area contributed by atoms with Crippen LogP contribution in [0.4, 0.5) is 0 Å². The number of hydrogen-bond acceptors (Lipinski definition) is 8. The Balaban J connectivity index is 1.83. The van der Waals surface area contributed by atoms with Gasteiger partial charge in [0.1, 0.15) is 11.7 Å². The van der Waals surface area contributed by atoms with E-state index in [4.69, 9.17) is 10.5 Å². The largest absolute Gasteiger partial charge is 0.386 e. The minimum atomic E-state index is -0.956. The first kappa shape index (κ1) is 22.1.